The normalized spacial score (nSPS) is 20.5. The molecule has 3 rings (SSSR count). The van der Waals surface area contributed by atoms with E-state index in [0.717, 1.165) is 23.4 Å². The summed E-state index contributed by atoms with van der Waals surface area (Å²) in [6, 6.07) is 16.7. The Morgan fingerprint density at radius 3 is 2.52 bits per heavy atom. The van der Waals surface area contributed by atoms with E-state index in [1.165, 1.54) is 5.56 Å². The van der Waals surface area contributed by atoms with Crippen LogP contribution in [-0.2, 0) is 5.54 Å². The van der Waals surface area contributed by atoms with Gasteiger partial charge in [0.15, 0.2) is 5.96 Å². The van der Waals surface area contributed by atoms with Gasteiger partial charge in [0.1, 0.15) is 11.3 Å². The third-order valence-electron chi connectivity index (χ3n) is 4.26. The first kappa shape index (κ1) is 15.4. The van der Waals surface area contributed by atoms with Crippen LogP contribution in [0.5, 0.6) is 5.75 Å². The van der Waals surface area contributed by atoms with Gasteiger partial charge in [0.2, 0.25) is 0 Å². The minimum absolute atomic E-state index is 0.299. The lowest BCUT2D eigenvalue weighted by molar-refractivity contribution is 0.340. The lowest BCUT2D eigenvalue weighted by Crippen LogP contribution is -2.32. The van der Waals surface area contributed by atoms with Crippen LogP contribution in [0.15, 0.2) is 53.5 Å². The second-order valence-electron chi connectivity index (χ2n) is 6.14. The van der Waals surface area contributed by atoms with Gasteiger partial charge in [0, 0.05) is 13.6 Å². The monoisotopic (exact) mass is 309 g/mol. The average molecular weight is 309 g/mol. The van der Waals surface area contributed by atoms with Crippen LogP contribution in [0.1, 0.15) is 19.4 Å². The highest BCUT2D eigenvalue weighted by Gasteiger charge is 2.34. The van der Waals surface area contributed by atoms with Crippen LogP contribution in [0.3, 0.4) is 0 Å². The Hall–Kier alpha value is -2.49. The summed E-state index contributed by atoms with van der Waals surface area (Å²) in [4.78, 5) is 6.64. The highest BCUT2D eigenvalue weighted by atomic mass is 16.5. The fourth-order valence-corrected chi connectivity index (χ4v) is 3.04. The minimum atomic E-state index is -0.299. The summed E-state index contributed by atoms with van der Waals surface area (Å²) >= 11 is 0. The molecule has 2 aromatic carbocycles. The highest BCUT2D eigenvalue weighted by Crippen LogP contribution is 2.33. The third-order valence-corrected chi connectivity index (χ3v) is 4.26. The predicted octanol–water partition coefficient (Wildman–Crippen LogP) is 3.23. The van der Waals surface area contributed by atoms with Crippen LogP contribution in [0.2, 0.25) is 0 Å². The summed E-state index contributed by atoms with van der Waals surface area (Å²) in [6.45, 7) is 5.58. The number of hydrogen-bond acceptors (Lipinski definition) is 4. The largest absolute Gasteiger partial charge is 0.494 e. The number of rotatable bonds is 4. The van der Waals surface area contributed by atoms with Crippen molar-refractivity contribution < 1.29 is 4.74 Å². The molecular weight excluding hydrogens is 286 g/mol. The molecule has 2 N–H and O–H groups in total. The van der Waals surface area contributed by atoms with Crippen LogP contribution < -0.4 is 10.5 Å². The zero-order valence-corrected chi connectivity index (χ0v) is 13.9. The van der Waals surface area contributed by atoms with Crippen molar-refractivity contribution in [3.8, 4) is 16.9 Å². The molecule has 120 valence electrons. The fraction of sp³-hybridized carbons (Fsp3) is 0.316. The number of aliphatic imine (C=N–C) groups is 1. The van der Waals surface area contributed by atoms with Crippen LogP contribution in [0.25, 0.3) is 11.1 Å². The molecule has 2 aromatic rings. The lowest BCUT2D eigenvalue weighted by atomic mass is 9.90. The summed E-state index contributed by atoms with van der Waals surface area (Å²) in [5, 5.41) is 0. The standard InChI is InChI=1S/C19H23N3O/c1-4-23-17-10-6-8-15(12-17)14-7-5-9-16(11-14)19(2)13-22(3)18(20)21-19/h5-12H,4,13H2,1-3H3,(H2,20,21). The van der Waals surface area contributed by atoms with Crippen molar-refractivity contribution in [2.45, 2.75) is 19.4 Å². The number of ether oxygens (including phenoxy) is 1. The summed E-state index contributed by atoms with van der Waals surface area (Å²) < 4.78 is 5.60. The summed E-state index contributed by atoms with van der Waals surface area (Å²) in [5.41, 5.74) is 9.13. The Kier molecular flexibility index (Phi) is 3.99. The molecular formula is C19H23N3O. The van der Waals surface area contributed by atoms with Crippen molar-refractivity contribution >= 4 is 5.96 Å². The number of nitrogens with two attached hydrogens (primary N) is 1. The Morgan fingerprint density at radius 2 is 1.87 bits per heavy atom. The van der Waals surface area contributed by atoms with Crippen molar-refractivity contribution in [1.82, 2.24) is 4.90 Å². The van der Waals surface area contributed by atoms with E-state index >= 15 is 0 Å². The van der Waals surface area contributed by atoms with Gasteiger partial charge in [-0.2, -0.15) is 0 Å². The van der Waals surface area contributed by atoms with Gasteiger partial charge in [0.05, 0.1) is 6.61 Å². The maximum atomic E-state index is 5.95. The van der Waals surface area contributed by atoms with Crippen LogP contribution in [0, 0.1) is 0 Å². The van der Waals surface area contributed by atoms with Crippen LogP contribution in [-0.4, -0.2) is 31.1 Å². The van der Waals surface area contributed by atoms with Crippen LogP contribution in [0.4, 0.5) is 0 Å². The number of nitrogens with zero attached hydrogens (tertiary/aromatic N) is 2. The molecule has 0 saturated heterocycles. The van der Waals surface area contributed by atoms with E-state index in [2.05, 4.69) is 48.3 Å². The van der Waals surface area contributed by atoms with Crippen molar-refractivity contribution in [2.75, 3.05) is 20.2 Å². The number of likely N-dealkylation sites (N-methyl/N-ethyl adjacent to an activating group) is 1. The van der Waals surface area contributed by atoms with Gasteiger partial charge in [-0.3, -0.25) is 0 Å². The first-order valence-electron chi connectivity index (χ1n) is 7.92. The van der Waals surface area contributed by atoms with E-state index in [1.807, 2.05) is 31.0 Å². The Morgan fingerprint density at radius 1 is 1.17 bits per heavy atom. The van der Waals surface area contributed by atoms with E-state index in [9.17, 15) is 0 Å². The summed E-state index contributed by atoms with van der Waals surface area (Å²) in [6.07, 6.45) is 0. The SMILES string of the molecule is CCOc1cccc(-c2cccc(C3(C)CN(C)C(N)=N3)c2)c1. The molecule has 0 spiro atoms. The molecule has 0 aliphatic carbocycles. The summed E-state index contributed by atoms with van der Waals surface area (Å²) in [5.74, 6) is 1.49. The van der Waals surface area contributed by atoms with Crippen molar-refractivity contribution in [1.29, 1.82) is 0 Å². The van der Waals surface area contributed by atoms with Gasteiger partial charge in [-0.05, 0) is 48.7 Å². The van der Waals surface area contributed by atoms with E-state index in [-0.39, 0.29) is 5.54 Å². The molecule has 1 heterocycles. The average Bonchev–Trinajstić information content (AvgIpc) is 2.82. The molecule has 1 atom stereocenters. The van der Waals surface area contributed by atoms with E-state index in [1.54, 1.807) is 0 Å². The van der Waals surface area contributed by atoms with Gasteiger partial charge in [-0.25, -0.2) is 4.99 Å². The first-order chi connectivity index (χ1) is 11.0. The predicted molar refractivity (Wildman–Crippen MR) is 94.7 cm³/mol. The quantitative estimate of drug-likeness (QED) is 0.943. The Balaban J connectivity index is 1.96. The van der Waals surface area contributed by atoms with E-state index < -0.39 is 0 Å². The molecule has 0 aromatic heterocycles. The molecule has 1 aliphatic heterocycles. The molecule has 0 amide bonds. The number of benzene rings is 2. The maximum Gasteiger partial charge on any atom is 0.192 e. The highest BCUT2D eigenvalue weighted by molar-refractivity contribution is 5.80. The van der Waals surface area contributed by atoms with Gasteiger partial charge in [0.25, 0.3) is 0 Å². The second-order valence-corrected chi connectivity index (χ2v) is 6.14. The molecule has 1 aliphatic rings. The molecule has 0 radical (unpaired) electrons. The molecule has 4 nitrogen and oxygen atoms in total. The molecule has 0 fully saturated rings. The minimum Gasteiger partial charge on any atom is -0.494 e. The lowest BCUT2D eigenvalue weighted by Gasteiger charge is -2.23. The molecule has 1 unspecified atom stereocenters. The topological polar surface area (TPSA) is 50.9 Å². The van der Waals surface area contributed by atoms with Crippen LogP contribution >= 0.6 is 0 Å². The van der Waals surface area contributed by atoms with Gasteiger partial charge in [-0.15, -0.1) is 0 Å². The first-order valence-corrected chi connectivity index (χ1v) is 7.92. The number of hydrogen-bond donors (Lipinski definition) is 1. The van der Waals surface area contributed by atoms with Gasteiger partial charge in [-0.1, -0.05) is 30.3 Å². The van der Waals surface area contributed by atoms with E-state index in [0.29, 0.717) is 12.6 Å². The molecule has 0 saturated carbocycles. The Labute approximate surface area is 137 Å². The number of guanidine groups is 1. The third kappa shape index (κ3) is 3.02. The zero-order valence-electron chi connectivity index (χ0n) is 13.9. The Bertz CT molecular complexity index is 741. The van der Waals surface area contributed by atoms with Gasteiger partial charge >= 0.3 is 0 Å². The summed E-state index contributed by atoms with van der Waals surface area (Å²) in [7, 11) is 1.97. The maximum absolute atomic E-state index is 5.95. The van der Waals surface area contributed by atoms with Gasteiger partial charge < -0.3 is 15.4 Å². The zero-order chi connectivity index (χ0) is 16.4. The molecule has 0 bridgehead atoms. The fourth-order valence-electron chi connectivity index (χ4n) is 3.04. The molecule has 23 heavy (non-hydrogen) atoms. The van der Waals surface area contributed by atoms with Crippen molar-refractivity contribution in [2.24, 2.45) is 10.7 Å². The van der Waals surface area contributed by atoms with E-state index in [4.69, 9.17) is 10.5 Å². The molecule has 4 heteroatoms. The second kappa shape index (κ2) is 5.95. The smallest absolute Gasteiger partial charge is 0.192 e. The van der Waals surface area contributed by atoms with Crippen molar-refractivity contribution in [3.05, 3.63) is 54.1 Å². The van der Waals surface area contributed by atoms with Crippen molar-refractivity contribution in [3.63, 3.8) is 0 Å².